The Morgan fingerprint density at radius 1 is 1.29 bits per heavy atom. The fraction of sp³-hybridized carbons (Fsp3) is 0.375. The van der Waals surface area contributed by atoms with Crippen LogP contribution in [0.4, 0.5) is 0 Å². The first-order valence-corrected chi connectivity index (χ1v) is 9.41. The Hall–Kier alpha value is -2.19. The summed E-state index contributed by atoms with van der Waals surface area (Å²) >= 11 is 0. The molecule has 3 heterocycles. The minimum Gasteiger partial charge on any atom is -0.342 e. The van der Waals surface area contributed by atoms with Gasteiger partial charge in [0.1, 0.15) is 5.82 Å². The smallest absolute Gasteiger partial charge is 0.262 e. The highest BCUT2D eigenvalue weighted by Gasteiger charge is 2.33. The molecule has 126 valence electrons. The predicted molar refractivity (Wildman–Crippen MR) is 90.0 cm³/mol. The number of H-pyrrole nitrogens is 1. The van der Waals surface area contributed by atoms with Gasteiger partial charge >= 0.3 is 0 Å². The molecule has 0 saturated carbocycles. The van der Waals surface area contributed by atoms with Crippen LogP contribution in [0.3, 0.4) is 0 Å². The van der Waals surface area contributed by atoms with Crippen LogP contribution in [0.1, 0.15) is 24.6 Å². The van der Waals surface area contributed by atoms with Crippen molar-refractivity contribution in [2.45, 2.75) is 23.8 Å². The van der Waals surface area contributed by atoms with Crippen LogP contribution in [0.2, 0.25) is 0 Å². The van der Waals surface area contributed by atoms with Gasteiger partial charge in [0.2, 0.25) is 0 Å². The molecular formula is C16H19N5O2S. The van der Waals surface area contributed by atoms with E-state index in [1.165, 1.54) is 10.6 Å². The minimum absolute atomic E-state index is 0.0737. The van der Waals surface area contributed by atoms with Crippen molar-refractivity contribution in [2.75, 3.05) is 13.1 Å². The molecule has 0 spiro atoms. The van der Waals surface area contributed by atoms with E-state index in [4.69, 9.17) is 0 Å². The van der Waals surface area contributed by atoms with Gasteiger partial charge in [-0.3, -0.25) is 0 Å². The summed E-state index contributed by atoms with van der Waals surface area (Å²) in [6.45, 7) is 0.953. The molecule has 0 bridgehead atoms. The van der Waals surface area contributed by atoms with E-state index in [1.807, 2.05) is 24.3 Å². The molecule has 24 heavy (non-hydrogen) atoms. The molecule has 7 nitrogen and oxygen atoms in total. The number of sulfonamides is 1. The van der Waals surface area contributed by atoms with Gasteiger partial charge in [-0.05, 0) is 25.0 Å². The maximum atomic E-state index is 12.8. The lowest BCUT2D eigenvalue weighted by Crippen LogP contribution is -2.39. The molecule has 1 aromatic carbocycles. The third-order valence-corrected chi connectivity index (χ3v) is 6.21. The third-order valence-electron chi connectivity index (χ3n) is 4.46. The Kier molecular flexibility index (Phi) is 3.65. The summed E-state index contributed by atoms with van der Waals surface area (Å²) in [5, 5.41) is 0.107. The van der Waals surface area contributed by atoms with E-state index in [2.05, 4.69) is 15.0 Å². The van der Waals surface area contributed by atoms with Crippen LogP contribution < -0.4 is 0 Å². The zero-order chi connectivity index (χ0) is 16.7. The minimum atomic E-state index is -3.55. The molecule has 1 N–H and O–H groups in total. The van der Waals surface area contributed by atoms with E-state index in [0.29, 0.717) is 13.1 Å². The van der Waals surface area contributed by atoms with E-state index in [9.17, 15) is 8.42 Å². The standard InChI is InChI=1S/C16H19N5O2S/c1-20-10-15(17-11-20)24(22,23)21-8-4-5-12(9-21)16-18-13-6-2-3-7-14(13)19-16/h2-3,6-7,10-12H,4-5,8-9H2,1H3,(H,18,19)/t12-/m1/s1. The predicted octanol–water partition coefficient (Wildman–Crippen LogP) is 1.86. The number of piperidine rings is 1. The number of aromatic nitrogens is 4. The van der Waals surface area contributed by atoms with E-state index >= 15 is 0 Å². The molecule has 0 unspecified atom stereocenters. The highest BCUT2D eigenvalue weighted by molar-refractivity contribution is 7.89. The second-order valence-electron chi connectivity index (χ2n) is 6.22. The fourth-order valence-corrected chi connectivity index (χ4v) is 4.69. The lowest BCUT2D eigenvalue weighted by atomic mass is 9.99. The van der Waals surface area contributed by atoms with Crippen LogP contribution >= 0.6 is 0 Å². The normalized spacial score (nSPS) is 19.8. The van der Waals surface area contributed by atoms with Crippen molar-refractivity contribution in [3.8, 4) is 0 Å². The maximum absolute atomic E-state index is 12.8. The second-order valence-corrected chi connectivity index (χ2v) is 8.10. The molecule has 1 aliphatic heterocycles. The summed E-state index contributed by atoms with van der Waals surface area (Å²) in [5.74, 6) is 0.932. The number of benzene rings is 1. The molecule has 3 aromatic rings. The van der Waals surface area contributed by atoms with Crippen molar-refractivity contribution in [2.24, 2.45) is 7.05 Å². The van der Waals surface area contributed by atoms with E-state index < -0.39 is 10.0 Å². The third kappa shape index (κ3) is 2.61. The van der Waals surface area contributed by atoms with Crippen LogP contribution in [-0.4, -0.2) is 45.3 Å². The van der Waals surface area contributed by atoms with Gasteiger partial charge in [-0.15, -0.1) is 0 Å². The Morgan fingerprint density at radius 3 is 2.88 bits per heavy atom. The molecule has 0 radical (unpaired) electrons. The number of hydrogen-bond acceptors (Lipinski definition) is 4. The van der Waals surface area contributed by atoms with Crippen molar-refractivity contribution in [1.29, 1.82) is 0 Å². The Bertz CT molecular complexity index is 942. The lowest BCUT2D eigenvalue weighted by Gasteiger charge is -2.30. The Balaban J connectivity index is 1.61. The van der Waals surface area contributed by atoms with Gasteiger partial charge in [-0.2, -0.15) is 4.31 Å². The fourth-order valence-electron chi connectivity index (χ4n) is 3.20. The molecule has 1 atom stereocenters. The molecule has 0 aliphatic carbocycles. The van der Waals surface area contributed by atoms with Crippen molar-refractivity contribution >= 4 is 21.1 Å². The molecule has 1 fully saturated rings. The van der Waals surface area contributed by atoms with Crippen molar-refractivity contribution in [1.82, 2.24) is 23.8 Å². The number of nitrogens with zero attached hydrogens (tertiary/aromatic N) is 4. The molecule has 4 rings (SSSR count). The van der Waals surface area contributed by atoms with Gasteiger partial charge in [-0.25, -0.2) is 18.4 Å². The Morgan fingerprint density at radius 2 is 2.12 bits per heavy atom. The summed E-state index contributed by atoms with van der Waals surface area (Å²) in [5.41, 5.74) is 1.90. The first-order valence-electron chi connectivity index (χ1n) is 7.97. The molecule has 8 heteroatoms. The summed E-state index contributed by atoms with van der Waals surface area (Å²) in [6.07, 6.45) is 4.79. The molecule has 1 saturated heterocycles. The highest BCUT2D eigenvalue weighted by atomic mass is 32.2. The number of para-hydroxylation sites is 2. The van der Waals surface area contributed by atoms with E-state index in [-0.39, 0.29) is 10.9 Å². The van der Waals surface area contributed by atoms with Gasteiger partial charge in [0.25, 0.3) is 10.0 Å². The molecular weight excluding hydrogens is 326 g/mol. The van der Waals surface area contributed by atoms with Crippen LogP contribution in [-0.2, 0) is 17.1 Å². The average Bonchev–Trinajstić information content (AvgIpc) is 3.21. The van der Waals surface area contributed by atoms with Gasteiger partial charge in [-0.1, -0.05) is 12.1 Å². The molecule has 0 amide bonds. The van der Waals surface area contributed by atoms with Gasteiger partial charge in [0.05, 0.1) is 17.4 Å². The summed E-state index contributed by atoms with van der Waals surface area (Å²) in [6, 6.07) is 7.85. The zero-order valence-corrected chi connectivity index (χ0v) is 14.2. The number of rotatable bonds is 3. The van der Waals surface area contributed by atoms with Crippen LogP contribution in [0.15, 0.2) is 41.8 Å². The van der Waals surface area contributed by atoms with Crippen molar-refractivity contribution in [3.63, 3.8) is 0 Å². The van der Waals surface area contributed by atoms with Crippen LogP contribution in [0, 0.1) is 0 Å². The van der Waals surface area contributed by atoms with Gasteiger partial charge < -0.3 is 9.55 Å². The van der Waals surface area contributed by atoms with Gasteiger partial charge in [0.15, 0.2) is 5.03 Å². The maximum Gasteiger partial charge on any atom is 0.262 e. The summed E-state index contributed by atoms with van der Waals surface area (Å²) in [7, 11) is -1.79. The molecule has 2 aromatic heterocycles. The first kappa shape index (κ1) is 15.3. The lowest BCUT2D eigenvalue weighted by molar-refractivity contribution is 0.309. The van der Waals surface area contributed by atoms with Crippen LogP contribution in [0.25, 0.3) is 11.0 Å². The second kappa shape index (κ2) is 5.71. The summed E-state index contributed by atoms with van der Waals surface area (Å²) < 4.78 is 28.7. The first-order chi connectivity index (χ1) is 11.5. The van der Waals surface area contributed by atoms with Crippen molar-refractivity contribution in [3.05, 3.63) is 42.6 Å². The number of aryl methyl sites for hydroxylation is 1. The largest absolute Gasteiger partial charge is 0.342 e. The van der Waals surface area contributed by atoms with E-state index in [1.54, 1.807) is 17.8 Å². The van der Waals surface area contributed by atoms with Gasteiger partial charge in [0, 0.05) is 32.3 Å². The monoisotopic (exact) mass is 345 g/mol. The average molecular weight is 345 g/mol. The number of imidazole rings is 2. The zero-order valence-electron chi connectivity index (χ0n) is 13.4. The quantitative estimate of drug-likeness (QED) is 0.785. The molecule has 1 aliphatic rings. The summed E-state index contributed by atoms with van der Waals surface area (Å²) in [4.78, 5) is 12.0. The SMILES string of the molecule is Cn1cnc(S(=O)(=O)N2CCC[C@@H](c3nc4ccccc4[nH]3)C2)c1. The number of fused-ring (bicyclic) bond motifs is 1. The number of nitrogens with one attached hydrogen (secondary N) is 1. The Labute approximate surface area is 140 Å². The highest BCUT2D eigenvalue weighted by Crippen LogP contribution is 2.29. The topological polar surface area (TPSA) is 83.9 Å². The van der Waals surface area contributed by atoms with Crippen LogP contribution in [0.5, 0.6) is 0 Å². The van der Waals surface area contributed by atoms with Crippen molar-refractivity contribution < 1.29 is 8.42 Å². The number of aromatic amines is 1. The van der Waals surface area contributed by atoms with E-state index in [0.717, 1.165) is 29.7 Å². The number of hydrogen-bond donors (Lipinski definition) is 1.